The van der Waals surface area contributed by atoms with Crippen LogP contribution in [0.3, 0.4) is 0 Å². The number of benzene rings is 2. The molecule has 0 spiro atoms. The van der Waals surface area contributed by atoms with Gasteiger partial charge in [0.1, 0.15) is 0 Å². The molecule has 18 heavy (non-hydrogen) atoms. The molecule has 0 N–H and O–H groups in total. The molecule has 2 aromatic carbocycles. The molecule has 0 radical (unpaired) electrons. The molecule has 0 bridgehead atoms. The van der Waals surface area contributed by atoms with Crippen molar-refractivity contribution in [3.63, 3.8) is 0 Å². The van der Waals surface area contributed by atoms with Crippen LogP contribution in [-0.4, -0.2) is 12.3 Å². The molecule has 0 saturated carbocycles. The molecule has 1 heterocycles. The maximum absolute atomic E-state index is 4.70. The summed E-state index contributed by atoms with van der Waals surface area (Å²) in [5.74, 6) is 0.579. The Morgan fingerprint density at radius 1 is 0.889 bits per heavy atom. The molecular weight excluding hydrogens is 218 g/mol. The average molecular weight is 235 g/mol. The molecule has 1 aliphatic rings. The molecule has 1 heteroatoms. The number of aliphatic imine (C=N–C) groups is 1. The third kappa shape index (κ3) is 2.35. The van der Waals surface area contributed by atoms with Crippen LogP contribution < -0.4 is 0 Å². The van der Waals surface area contributed by atoms with Gasteiger partial charge in [-0.1, -0.05) is 60.7 Å². The van der Waals surface area contributed by atoms with Gasteiger partial charge in [0.25, 0.3) is 0 Å². The van der Waals surface area contributed by atoms with Gasteiger partial charge in [0.15, 0.2) is 0 Å². The summed E-state index contributed by atoms with van der Waals surface area (Å²) in [6, 6.07) is 21.3. The second kappa shape index (κ2) is 5.18. The van der Waals surface area contributed by atoms with Crippen molar-refractivity contribution in [1.82, 2.24) is 0 Å². The van der Waals surface area contributed by atoms with Crippen LogP contribution in [0.4, 0.5) is 0 Å². The Morgan fingerprint density at radius 2 is 1.56 bits per heavy atom. The van der Waals surface area contributed by atoms with E-state index in [1.165, 1.54) is 23.3 Å². The first kappa shape index (κ1) is 11.2. The van der Waals surface area contributed by atoms with Crippen LogP contribution in [-0.2, 0) is 6.42 Å². The molecular formula is C17H17N. The first-order valence-corrected chi connectivity index (χ1v) is 6.57. The van der Waals surface area contributed by atoms with E-state index in [4.69, 9.17) is 4.99 Å². The highest BCUT2D eigenvalue weighted by atomic mass is 14.8. The topological polar surface area (TPSA) is 12.4 Å². The largest absolute Gasteiger partial charge is 0.289 e. The lowest BCUT2D eigenvalue weighted by molar-refractivity contribution is 0.675. The van der Waals surface area contributed by atoms with Gasteiger partial charge < -0.3 is 0 Å². The molecule has 0 aliphatic carbocycles. The number of nitrogens with zero attached hydrogens (tertiary/aromatic N) is 1. The van der Waals surface area contributed by atoms with Gasteiger partial charge in [-0.25, -0.2) is 0 Å². The van der Waals surface area contributed by atoms with Crippen LogP contribution in [0.25, 0.3) is 0 Å². The molecule has 3 rings (SSSR count). The number of rotatable bonds is 3. The van der Waals surface area contributed by atoms with E-state index < -0.39 is 0 Å². The van der Waals surface area contributed by atoms with Crippen molar-refractivity contribution >= 4 is 5.71 Å². The zero-order valence-electron chi connectivity index (χ0n) is 10.4. The summed E-state index contributed by atoms with van der Waals surface area (Å²) in [6.45, 7) is 0.974. The van der Waals surface area contributed by atoms with Crippen molar-refractivity contribution < 1.29 is 0 Å². The summed E-state index contributed by atoms with van der Waals surface area (Å²) in [5.41, 5.74) is 3.99. The van der Waals surface area contributed by atoms with Crippen LogP contribution in [0, 0.1) is 5.92 Å². The minimum absolute atomic E-state index is 0.579. The van der Waals surface area contributed by atoms with E-state index in [9.17, 15) is 0 Å². The predicted octanol–water partition coefficient (Wildman–Crippen LogP) is 3.74. The lowest BCUT2D eigenvalue weighted by atomic mass is 9.90. The second-order valence-electron chi connectivity index (χ2n) is 4.81. The maximum Gasteiger partial charge on any atom is 0.0455 e. The Kier molecular flexibility index (Phi) is 3.22. The molecule has 90 valence electrons. The van der Waals surface area contributed by atoms with Crippen molar-refractivity contribution in [2.75, 3.05) is 6.54 Å². The predicted molar refractivity (Wildman–Crippen MR) is 76.1 cm³/mol. The Balaban J connectivity index is 1.80. The molecule has 1 nitrogen and oxygen atoms in total. The molecule has 1 atom stereocenters. The summed E-state index contributed by atoms with van der Waals surface area (Å²) < 4.78 is 0. The standard InChI is InChI=1S/C17H17N/c1-3-7-14(8-4-1)13-16-11-12-18-17(16)15-9-5-2-6-10-15/h1-10,16H,11-13H2. The monoisotopic (exact) mass is 235 g/mol. The first-order chi connectivity index (χ1) is 8.93. The highest BCUT2D eigenvalue weighted by Gasteiger charge is 2.22. The minimum Gasteiger partial charge on any atom is -0.289 e. The van der Waals surface area contributed by atoms with Gasteiger partial charge in [-0.05, 0) is 24.0 Å². The third-order valence-corrected chi connectivity index (χ3v) is 3.54. The fourth-order valence-corrected chi connectivity index (χ4v) is 2.64. The van der Waals surface area contributed by atoms with Gasteiger partial charge in [0, 0.05) is 18.2 Å². The van der Waals surface area contributed by atoms with Crippen molar-refractivity contribution in [2.45, 2.75) is 12.8 Å². The fraction of sp³-hybridized carbons (Fsp3) is 0.235. The molecule has 1 unspecified atom stereocenters. The Hall–Kier alpha value is -1.89. The lowest BCUT2D eigenvalue weighted by Crippen LogP contribution is -2.14. The van der Waals surface area contributed by atoms with Crippen LogP contribution in [0.1, 0.15) is 17.5 Å². The molecule has 0 amide bonds. The maximum atomic E-state index is 4.70. The van der Waals surface area contributed by atoms with E-state index in [-0.39, 0.29) is 0 Å². The highest BCUT2D eigenvalue weighted by Crippen LogP contribution is 2.23. The normalized spacial score (nSPS) is 18.7. The van der Waals surface area contributed by atoms with Crippen molar-refractivity contribution in [2.24, 2.45) is 10.9 Å². The van der Waals surface area contributed by atoms with E-state index >= 15 is 0 Å². The molecule has 2 aromatic rings. The molecule has 0 saturated heterocycles. The first-order valence-electron chi connectivity index (χ1n) is 6.57. The zero-order chi connectivity index (χ0) is 12.2. The van der Waals surface area contributed by atoms with E-state index in [0.29, 0.717) is 5.92 Å². The Morgan fingerprint density at radius 3 is 2.28 bits per heavy atom. The molecule has 0 fully saturated rings. The Labute approximate surface area is 108 Å². The average Bonchev–Trinajstić information content (AvgIpc) is 2.89. The van der Waals surface area contributed by atoms with Gasteiger partial charge >= 0.3 is 0 Å². The quantitative estimate of drug-likeness (QED) is 0.768. The van der Waals surface area contributed by atoms with Crippen molar-refractivity contribution in [3.05, 3.63) is 71.8 Å². The fourth-order valence-electron chi connectivity index (χ4n) is 2.64. The summed E-state index contributed by atoms with van der Waals surface area (Å²) in [6.07, 6.45) is 2.29. The van der Waals surface area contributed by atoms with Crippen LogP contribution in [0.15, 0.2) is 65.7 Å². The van der Waals surface area contributed by atoms with E-state index in [1.807, 2.05) is 0 Å². The smallest absolute Gasteiger partial charge is 0.0455 e. The number of hydrogen-bond donors (Lipinski definition) is 0. The van der Waals surface area contributed by atoms with Crippen molar-refractivity contribution in [3.8, 4) is 0 Å². The van der Waals surface area contributed by atoms with Gasteiger partial charge in [0.05, 0.1) is 0 Å². The number of hydrogen-bond acceptors (Lipinski definition) is 1. The van der Waals surface area contributed by atoms with Crippen LogP contribution in [0.2, 0.25) is 0 Å². The van der Waals surface area contributed by atoms with Crippen molar-refractivity contribution in [1.29, 1.82) is 0 Å². The zero-order valence-corrected chi connectivity index (χ0v) is 10.4. The second-order valence-corrected chi connectivity index (χ2v) is 4.81. The summed E-state index contributed by atoms with van der Waals surface area (Å²) >= 11 is 0. The van der Waals surface area contributed by atoms with E-state index in [1.54, 1.807) is 0 Å². The summed E-state index contributed by atoms with van der Waals surface area (Å²) in [5, 5.41) is 0. The van der Waals surface area contributed by atoms with Gasteiger partial charge in [0.2, 0.25) is 0 Å². The van der Waals surface area contributed by atoms with E-state index in [0.717, 1.165) is 13.0 Å². The lowest BCUT2D eigenvalue weighted by Gasteiger charge is -2.13. The molecule has 1 aliphatic heterocycles. The third-order valence-electron chi connectivity index (χ3n) is 3.54. The molecule has 0 aromatic heterocycles. The SMILES string of the molecule is c1ccc(CC2CCN=C2c2ccccc2)cc1. The Bertz CT molecular complexity index is 528. The highest BCUT2D eigenvalue weighted by molar-refractivity contribution is 6.03. The van der Waals surface area contributed by atoms with Gasteiger partial charge in [-0.3, -0.25) is 4.99 Å². The van der Waals surface area contributed by atoms with Crippen LogP contribution in [0.5, 0.6) is 0 Å². The summed E-state index contributed by atoms with van der Waals surface area (Å²) in [7, 11) is 0. The summed E-state index contributed by atoms with van der Waals surface area (Å²) in [4.78, 5) is 4.70. The van der Waals surface area contributed by atoms with Gasteiger partial charge in [-0.2, -0.15) is 0 Å². The van der Waals surface area contributed by atoms with Gasteiger partial charge in [-0.15, -0.1) is 0 Å². The van der Waals surface area contributed by atoms with Crippen LogP contribution >= 0.6 is 0 Å². The van der Waals surface area contributed by atoms with E-state index in [2.05, 4.69) is 60.7 Å². The minimum atomic E-state index is 0.579.